The Balaban J connectivity index is 1.77. The molecule has 0 spiro atoms. The second-order valence-corrected chi connectivity index (χ2v) is 6.54. The summed E-state index contributed by atoms with van der Waals surface area (Å²) in [5.74, 6) is -0.880. The van der Waals surface area contributed by atoms with Crippen molar-refractivity contribution in [2.75, 3.05) is 13.2 Å². The molecular formula is C19H23N3O4. The summed E-state index contributed by atoms with van der Waals surface area (Å²) in [7, 11) is 1.48. The van der Waals surface area contributed by atoms with Crippen molar-refractivity contribution < 1.29 is 14.3 Å². The second kappa shape index (κ2) is 7.68. The van der Waals surface area contributed by atoms with Gasteiger partial charge in [-0.15, -0.1) is 0 Å². The van der Waals surface area contributed by atoms with Crippen LogP contribution in [0.25, 0.3) is 10.8 Å². The van der Waals surface area contributed by atoms with Crippen molar-refractivity contribution in [1.82, 2.24) is 14.7 Å². The molecule has 3 rings (SSSR count). The van der Waals surface area contributed by atoms with Gasteiger partial charge in [0.05, 0.1) is 5.39 Å². The fourth-order valence-electron chi connectivity index (χ4n) is 3.48. The van der Waals surface area contributed by atoms with Crippen LogP contribution in [0.4, 0.5) is 0 Å². The van der Waals surface area contributed by atoms with E-state index >= 15 is 0 Å². The van der Waals surface area contributed by atoms with Gasteiger partial charge in [0.1, 0.15) is 0 Å². The third-order valence-corrected chi connectivity index (χ3v) is 4.90. The Morgan fingerprint density at radius 2 is 1.96 bits per heavy atom. The average Bonchev–Trinajstić information content (AvgIpc) is 2.68. The van der Waals surface area contributed by atoms with Crippen molar-refractivity contribution >= 4 is 22.6 Å². The van der Waals surface area contributed by atoms with Gasteiger partial charge in [0.25, 0.3) is 11.5 Å². The normalized spacial score (nSPS) is 17.3. The quantitative estimate of drug-likeness (QED) is 0.781. The molecule has 1 saturated heterocycles. The molecule has 2 heterocycles. The molecule has 1 fully saturated rings. The number of hydrogen-bond donors (Lipinski definition) is 0. The summed E-state index contributed by atoms with van der Waals surface area (Å²) in [6, 6.07) is 6.96. The van der Waals surface area contributed by atoms with Crippen LogP contribution in [0, 0.1) is 0 Å². The van der Waals surface area contributed by atoms with Crippen LogP contribution in [0.1, 0.15) is 43.1 Å². The van der Waals surface area contributed by atoms with Gasteiger partial charge < -0.3 is 9.64 Å². The Bertz CT molecular complexity index is 890. The lowest BCUT2D eigenvalue weighted by Gasteiger charge is -2.35. The number of fused-ring (bicyclic) bond motifs is 1. The van der Waals surface area contributed by atoms with E-state index in [1.165, 1.54) is 7.05 Å². The van der Waals surface area contributed by atoms with Gasteiger partial charge in [-0.05, 0) is 31.7 Å². The van der Waals surface area contributed by atoms with Gasteiger partial charge in [-0.1, -0.05) is 25.1 Å². The zero-order valence-electron chi connectivity index (χ0n) is 15.1. The fraction of sp³-hybridized carbons (Fsp3) is 0.474. The molecule has 1 aromatic carbocycles. The summed E-state index contributed by atoms with van der Waals surface area (Å²) in [6.07, 6.45) is 3.98. The van der Waals surface area contributed by atoms with Crippen LogP contribution in [0.5, 0.6) is 0 Å². The summed E-state index contributed by atoms with van der Waals surface area (Å²) >= 11 is 0. The van der Waals surface area contributed by atoms with Gasteiger partial charge >= 0.3 is 5.97 Å². The van der Waals surface area contributed by atoms with E-state index in [0.29, 0.717) is 17.3 Å². The molecule has 0 unspecified atom stereocenters. The van der Waals surface area contributed by atoms with Crippen molar-refractivity contribution in [1.29, 1.82) is 0 Å². The van der Waals surface area contributed by atoms with E-state index in [-0.39, 0.29) is 29.8 Å². The monoisotopic (exact) mass is 357 g/mol. The number of esters is 1. The maximum absolute atomic E-state index is 12.5. The van der Waals surface area contributed by atoms with Crippen LogP contribution >= 0.6 is 0 Å². The lowest BCUT2D eigenvalue weighted by atomic mass is 10.00. The molecule has 138 valence electrons. The van der Waals surface area contributed by atoms with Gasteiger partial charge in [0, 0.05) is 25.0 Å². The summed E-state index contributed by atoms with van der Waals surface area (Å²) in [4.78, 5) is 38.9. The Hall–Kier alpha value is -2.70. The van der Waals surface area contributed by atoms with Crippen LogP contribution in [0.3, 0.4) is 0 Å². The molecule has 0 saturated carbocycles. The molecule has 0 aliphatic carbocycles. The van der Waals surface area contributed by atoms with Crippen LogP contribution < -0.4 is 5.56 Å². The van der Waals surface area contributed by atoms with Crippen molar-refractivity contribution in [2.45, 2.75) is 38.6 Å². The molecule has 7 nitrogen and oxygen atoms in total. The second-order valence-electron chi connectivity index (χ2n) is 6.54. The third kappa shape index (κ3) is 3.47. The topological polar surface area (TPSA) is 81.5 Å². The van der Waals surface area contributed by atoms with E-state index in [9.17, 15) is 14.4 Å². The Labute approximate surface area is 151 Å². The Morgan fingerprint density at radius 1 is 1.23 bits per heavy atom. The first kappa shape index (κ1) is 18.1. The standard InChI is InChI=1S/C19H23N3O4/c1-3-13-8-6-7-11-22(13)16(23)12-26-19(25)17-14-9-4-5-10-15(14)18(24)21(2)20-17/h4-5,9-10,13H,3,6-8,11-12H2,1-2H3/t13-/m1/s1. The predicted octanol–water partition coefficient (Wildman–Crippen LogP) is 1.88. The van der Waals surface area contributed by atoms with E-state index in [1.807, 2.05) is 4.90 Å². The first-order chi connectivity index (χ1) is 12.5. The molecule has 1 aromatic heterocycles. The Kier molecular flexibility index (Phi) is 5.35. The van der Waals surface area contributed by atoms with Crippen molar-refractivity contribution in [3.8, 4) is 0 Å². The third-order valence-electron chi connectivity index (χ3n) is 4.90. The smallest absolute Gasteiger partial charge is 0.359 e. The Morgan fingerprint density at radius 3 is 2.69 bits per heavy atom. The van der Waals surface area contributed by atoms with Gasteiger partial charge in [-0.2, -0.15) is 5.10 Å². The molecule has 7 heteroatoms. The number of aryl methyl sites for hydroxylation is 1. The van der Waals surface area contributed by atoms with Crippen LogP contribution in [0.2, 0.25) is 0 Å². The van der Waals surface area contributed by atoms with Crippen LogP contribution in [0.15, 0.2) is 29.1 Å². The molecule has 1 amide bonds. The van der Waals surface area contributed by atoms with Gasteiger partial charge in [-0.3, -0.25) is 9.59 Å². The number of hydrogen-bond acceptors (Lipinski definition) is 5. The summed E-state index contributed by atoms with van der Waals surface area (Å²) in [5.41, 5.74) is -0.242. The highest BCUT2D eigenvalue weighted by atomic mass is 16.5. The highest BCUT2D eigenvalue weighted by molar-refractivity contribution is 6.02. The molecule has 0 N–H and O–H groups in total. The van der Waals surface area contributed by atoms with E-state index in [1.54, 1.807) is 24.3 Å². The minimum Gasteiger partial charge on any atom is -0.451 e. The number of nitrogens with zero attached hydrogens (tertiary/aromatic N) is 3. The number of benzene rings is 1. The largest absolute Gasteiger partial charge is 0.451 e. The van der Waals surface area contributed by atoms with Gasteiger partial charge in [0.15, 0.2) is 12.3 Å². The lowest BCUT2D eigenvalue weighted by Crippen LogP contribution is -2.45. The van der Waals surface area contributed by atoms with Crippen LogP contribution in [-0.4, -0.2) is 45.8 Å². The number of piperidine rings is 1. The number of amides is 1. The molecule has 1 aliphatic heterocycles. The zero-order chi connectivity index (χ0) is 18.7. The molecule has 1 atom stereocenters. The lowest BCUT2D eigenvalue weighted by molar-refractivity contribution is -0.138. The number of carbonyl (C=O) groups excluding carboxylic acids is 2. The molecule has 26 heavy (non-hydrogen) atoms. The maximum Gasteiger partial charge on any atom is 0.359 e. The van der Waals surface area contributed by atoms with Crippen molar-refractivity contribution in [3.05, 3.63) is 40.3 Å². The molecule has 2 aromatic rings. The number of carbonyl (C=O) groups is 2. The first-order valence-electron chi connectivity index (χ1n) is 8.95. The summed E-state index contributed by atoms with van der Waals surface area (Å²) in [6.45, 7) is 2.45. The van der Waals surface area contributed by atoms with Gasteiger partial charge in [-0.25, -0.2) is 9.48 Å². The SMILES string of the molecule is CC[C@@H]1CCCCN1C(=O)COC(=O)c1nn(C)c(=O)c2ccccc12. The first-order valence-corrected chi connectivity index (χ1v) is 8.95. The summed E-state index contributed by atoms with van der Waals surface area (Å²) < 4.78 is 6.34. The highest BCUT2D eigenvalue weighted by Gasteiger charge is 2.26. The van der Waals surface area contributed by atoms with E-state index in [4.69, 9.17) is 4.74 Å². The van der Waals surface area contributed by atoms with Gasteiger partial charge in [0.2, 0.25) is 0 Å². The molecule has 0 bridgehead atoms. The predicted molar refractivity (Wildman–Crippen MR) is 96.9 cm³/mol. The fourth-order valence-corrected chi connectivity index (χ4v) is 3.48. The van der Waals surface area contributed by atoms with Crippen LogP contribution in [-0.2, 0) is 16.6 Å². The molecule has 0 radical (unpaired) electrons. The van der Waals surface area contributed by atoms with E-state index in [2.05, 4.69) is 12.0 Å². The molecule has 1 aliphatic rings. The number of likely N-dealkylation sites (tertiary alicyclic amines) is 1. The van der Waals surface area contributed by atoms with Crippen molar-refractivity contribution in [2.24, 2.45) is 7.05 Å². The molecular weight excluding hydrogens is 334 g/mol. The van der Waals surface area contributed by atoms with E-state index < -0.39 is 5.97 Å². The summed E-state index contributed by atoms with van der Waals surface area (Å²) in [5, 5.41) is 4.85. The minimum atomic E-state index is -0.699. The number of aromatic nitrogens is 2. The number of ether oxygens (including phenoxy) is 1. The average molecular weight is 357 g/mol. The van der Waals surface area contributed by atoms with E-state index in [0.717, 1.165) is 30.4 Å². The maximum atomic E-state index is 12.5. The highest BCUT2D eigenvalue weighted by Crippen LogP contribution is 2.20. The minimum absolute atomic E-state index is 0.0428. The number of rotatable bonds is 4. The zero-order valence-corrected chi connectivity index (χ0v) is 15.1. The van der Waals surface area contributed by atoms with Crippen molar-refractivity contribution in [3.63, 3.8) is 0 Å².